The third kappa shape index (κ3) is 4.98. The van der Waals surface area contributed by atoms with Gasteiger partial charge in [-0.15, -0.1) is 0 Å². The molecule has 30 heavy (non-hydrogen) atoms. The molecule has 5 N–H and O–H groups in total. The molecule has 0 atom stereocenters. The Labute approximate surface area is 180 Å². The Morgan fingerprint density at radius 3 is 2.57 bits per heavy atom. The van der Waals surface area contributed by atoms with Gasteiger partial charge in [0.05, 0.1) is 5.82 Å². The number of para-hydroxylation sites is 1. The molecule has 1 aliphatic heterocycles. The fourth-order valence-corrected chi connectivity index (χ4v) is 3.59. The van der Waals surface area contributed by atoms with Gasteiger partial charge in [0.2, 0.25) is 0 Å². The van der Waals surface area contributed by atoms with Crippen molar-refractivity contribution in [2.24, 2.45) is 0 Å². The van der Waals surface area contributed by atoms with E-state index in [1.54, 1.807) is 0 Å². The molecule has 0 amide bonds. The van der Waals surface area contributed by atoms with E-state index in [1.165, 1.54) is 16.7 Å². The van der Waals surface area contributed by atoms with Gasteiger partial charge in [-0.25, -0.2) is 0 Å². The Morgan fingerprint density at radius 1 is 1.00 bits per heavy atom. The number of anilines is 2. The van der Waals surface area contributed by atoms with Crippen LogP contribution in [0.5, 0.6) is 0 Å². The highest BCUT2D eigenvalue weighted by Gasteiger charge is 2.21. The SMILES string of the molecule is C=C(NCCNc1ccc2c(c1C(=C)NCCC)CNC2=C)Nc1ccccc1C. The van der Waals surface area contributed by atoms with Crippen molar-refractivity contribution in [1.29, 1.82) is 0 Å². The predicted octanol–water partition coefficient (Wildman–Crippen LogP) is 4.62. The summed E-state index contributed by atoms with van der Waals surface area (Å²) in [6.45, 7) is 19.9. The van der Waals surface area contributed by atoms with Crippen LogP contribution in [0.25, 0.3) is 11.4 Å². The molecule has 0 saturated carbocycles. The first-order valence-electron chi connectivity index (χ1n) is 10.5. The third-order valence-electron chi connectivity index (χ3n) is 5.22. The standard InChI is InChI=1S/C25H33N5/c1-6-13-26-19(4)25-22-16-29-18(3)21(22)11-12-24(25)28-15-14-27-20(5)30-23-10-8-7-9-17(23)2/h7-12,26-30H,3-6,13-16H2,1-2H3. The molecule has 0 aromatic heterocycles. The molecule has 158 valence electrons. The summed E-state index contributed by atoms with van der Waals surface area (Å²) in [5, 5.41) is 17.0. The molecule has 0 saturated heterocycles. The van der Waals surface area contributed by atoms with Crippen LogP contribution in [0.3, 0.4) is 0 Å². The van der Waals surface area contributed by atoms with Gasteiger partial charge in [0.1, 0.15) is 0 Å². The third-order valence-corrected chi connectivity index (χ3v) is 5.22. The van der Waals surface area contributed by atoms with Crippen molar-refractivity contribution in [2.45, 2.75) is 26.8 Å². The molecular weight excluding hydrogens is 370 g/mol. The summed E-state index contributed by atoms with van der Waals surface area (Å²) >= 11 is 0. The van der Waals surface area contributed by atoms with E-state index < -0.39 is 0 Å². The molecule has 2 aromatic rings. The van der Waals surface area contributed by atoms with Gasteiger partial charge in [-0.1, -0.05) is 50.9 Å². The lowest BCUT2D eigenvalue weighted by Crippen LogP contribution is -2.25. The maximum absolute atomic E-state index is 4.29. The minimum absolute atomic E-state index is 0.744. The highest BCUT2D eigenvalue weighted by molar-refractivity contribution is 5.83. The monoisotopic (exact) mass is 403 g/mol. The molecule has 5 nitrogen and oxygen atoms in total. The largest absolute Gasteiger partial charge is 0.385 e. The van der Waals surface area contributed by atoms with Crippen molar-refractivity contribution >= 4 is 22.8 Å². The van der Waals surface area contributed by atoms with E-state index in [9.17, 15) is 0 Å². The smallest absolute Gasteiger partial charge is 0.0957 e. The van der Waals surface area contributed by atoms with Crippen molar-refractivity contribution in [3.8, 4) is 0 Å². The minimum Gasteiger partial charge on any atom is -0.385 e. The van der Waals surface area contributed by atoms with Crippen molar-refractivity contribution in [3.05, 3.63) is 84.2 Å². The summed E-state index contributed by atoms with van der Waals surface area (Å²) in [4.78, 5) is 0. The highest BCUT2D eigenvalue weighted by atomic mass is 15.1. The fourth-order valence-electron chi connectivity index (χ4n) is 3.59. The number of benzene rings is 2. The van der Waals surface area contributed by atoms with Crippen LogP contribution in [0.1, 0.15) is 35.6 Å². The number of hydrogen-bond donors (Lipinski definition) is 5. The minimum atomic E-state index is 0.744. The number of aryl methyl sites for hydroxylation is 1. The van der Waals surface area contributed by atoms with Gasteiger partial charge in [-0.3, -0.25) is 0 Å². The highest BCUT2D eigenvalue weighted by Crippen LogP contribution is 2.34. The molecule has 1 heterocycles. The van der Waals surface area contributed by atoms with E-state index in [0.29, 0.717) is 0 Å². The summed E-state index contributed by atoms with van der Waals surface area (Å²) < 4.78 is 0. The van der Waals surface area contributed by atoms with Crippen molar-refractivity contribution in [3.63, 3.8) is 0 Å². The van der Waals surface area contributed by atoms with Crippen LogP contribution in [0, 0.1) is 6.92 Å². The van der Waals surface area contributed by atoms with Gasteiger partial charge < -0.3 is 26.6 Å². The molecule has 0 unspecified atom stereocenters. The molecule has 0 radical (unpaired) electrons. The lowest BCUT2D eigenvalue weighted by atomic mass is 9.98. The van der Waals surface area contributed by atoms with Crippen LogP contribution < -0.4 is 26.6 Å². The van der Waals surface area contributed by atoms with E-state index >= 15 is 0 Å². The summed E-state index contributed by atoms with van der Waals surface area (Å²) in [7, 11) is 0. The van der Waals surface area contributed by atoms with Crippen LogP contribution in [-0.4, -0.2) is 19.6 Å². The number of fused-ring (bicyclic) bond motifs is 1. The first kappa shape index (κ1) is 21.4. The van der Waals surface area contributed by atoms with Gasteiger partial charge in [-0.2, -0.15) is 0 Å². The summed E-state index contributed by atoms with van der Waals surface area (Å²) in [5.41, 5.74) is 8.82. The summed E-state index contributed by atoms with van der Waals surface area (Å²) in [5.74, 6) is 0.787. The Bertz CT molecular complexity index is 945. The normalized spacial score (nSPS) is 12.0. The topological polar surface area (TPSA) is 60.1 Å². The average Bonchev–Trinajstić information content (AvgIpc) is 3.11. The molecule has 2 aromatic carbocycles. The molecular formula is C25H33N5. The van der Waals surface area contributed by atoms with Crippen molar-refractivity contribution in [2.75, 3.05) is 30.3 Å². The van der Waals surface area contributed by atoms with Crippen molar-refractivity contribution < 1.29 is 0 Å². The average molecular weight is 404 g/mol. The summed E-state index contributed by atoms with van der Waals surface area (Å²) in [6.07, 6.45) is 1.06. The van der Waals surface area contributed by atoms with E-state index in [2.05, 4.69) is 78.4 Å². The van der Waals surface area contributed by atoms with E-state index in [-0.39, 0.29) is 0 Å². The first-order chi connectivity index (χ1) is 14.5. The number of rotatable bonds is 11. The molecule has 5 heteroatoms. The first-order valence-corrected chi connectivity index (χ1v) is 10.5. The van der Waals surface area contributed by atoms with E-state index in [0.717, 1.165) is 66.8 Å². The van der Waals surface area contributed by atoms with Crippen LogP contribution in [-0.2, 0) is 6.54 Å². The van der Waals surface area contributed by atoms with Crippen LogP contribution in [0.15, 0.2) is 62.0 Å². The maximum Gasteiger partial charge on any atom is 0.0957 e. The van der Waals surface area contributed by atoms with E-state index in [1.807, 2.05) is 18.2 Å². The van der Waals surface area contributed by atoms with Crippen LogP contribution in [0.4, 0.5) is 11.4 Å². The van der Waals surface area contributed by atoms with E-state index in [4.69, 9.17) is 0 Å². The number of nitrogens with one attached hydrogen (secondary N) is 5. The second-order valence-electron chi connectivity index (χ2n) is 7.52. The lowest BCUT2D eigenvalue weighted by molar-refractivity contribution is 0.817. The Kier molecular flexibility index (Phi) is 7.07. The zero-order valence-corrected chi connectivity index (χ0v) is 18.1. The van der Waals surface area contributed by atoms with Gasteiger partial charge in [0.25, 0.3) is 0 Å². The maximum atomic E-state index is 4.29. The second kappa shape index (κ2) is 9.92. The van der Waals surface area contributed by atoms with Crippen LogP contribution in [0.2, 0.25) is 0 Å². The molecule has 0 spiro atoms. The summed E-state index contributed by atoms with van der Waals surface area (Å²) in [6, 6.07) is 12.4. The zero-order chi connectivity index (χ0) is 21.5. The molecule has 3 rings (SSSR count). The molecule has 0 aliphatic carbocycles. The molecule has 0 bridgehead atoms. The second-order valence-corrected chi connectivity index (χ2v) is 7.52. The lowest BCUT2D eigenvalue weighted by Gasteiger charge is -2.19. The van der Waals surface area contributed by atoms with Crippen LogP contribution >= 0.6 is 0 Å². The molecule has 0 fully saturated rings. The van der Waals surface area contributed by atoms with Crippen molar-refractivity contribution in [1.82, 2.24) is 16.0 Å². The Hall–Kier alpha value is -3.34. The Balaban J connectivity index is 1.61. The Morgan fingerprint density at radius 2 is 1.80 bits per heavy atom. The van der Waals surface area contributed by atoms with Gasteiger partial charge in [0, 0.05) is 60.1 Å². The zero-order valence-electron chi connectivity index (χ0n) is 18.1. The quantitative estimate of drug-likeness (QED) is 0.354. The van der Waals surface area contributed by atoms with Gasteiger partial charge in [-0.05, 0) is 36.6 Å². The predicted molar refractivity (Wildman–Crippen MR) is 130 cm³/mol. The fraction of sp³-hybridized carbons (Fsp3) is 0.280. The number of hydrogen-bond acceptors (Lipinski definition) is 5. The molecule has 1 aliphatic rings. The van der Waals surface area contributed by atoms with Gasteiger partial charge in [0.15, 0.2) is 0 Å². The van der Waals surface area contributed by atoms with Gasteiger partial charge >= 0.3 is 0 Å².